The zero-order valence-electron chi connectivity index (χ0n) is 2.60. The predicted molar refractivity (Wildman–Crippen MR) is 11.0 cm³/mol. The van der Waals surface area contributed by atoms with Gasteiger partial charge in [-0.3, -0.25) is 0 Å². The summed E-state index contributed by atoms with van der Waals surface area (Å²) in [4.78, 5) is 0. The van der Waals surface area contributed by atoms with Crippen LogP contribution >= 0.6 is 0 Å². The Morgan fingerprint density at radius 1 is 1.60 bits per heavy atom. The zero-order chi connectivity index (χ0) is 2.71. The summed E-state index contributed by atoms with van der Waals surface area (Å²) in [6.07, 6.45) is 0. The molecule has 0 N–H and O–H groups in total. The van der Waals surface area contributed by atoms with Crippen molar-refractivity contribution in [3.8, 4) is 0 Å². The molecule has 0 aliphatic carbocycles. The van der Waals surface area contributed by atoms with Crippen molar-refractivity contribution in [2.45, 2.75) is 0 Å². The van der Waals surface area contributed by atoms with Crippen LogP contribution in [0.4, 0.5) is 0 Å². The summed E-state index contributed by atoms with van der Waals surface area (Å²) >= 11 is 1.63. The van der Waals surface area contributed by atoms with Gasteiger partial charge >= 0.3 is 33.8 Å². The van der Waals surface area contributed by atoms with Gasteiger partial charge in [-0.05, 0) is 0 Å². The Morgan fingerprint density at radius 2 is 1.60 bits per heavy atom. The molecule has 0 heterocycles. The van der Waals surface area contributed by atoms with Gasteiger partial charge in [-0.25, -0.2) is 0 Å². The monoisotopic (exact) mass is 252 g/mol. The van der Waals surface area contributed by atoms with Crippen LogP contribution in [0.1, 0.15) is 0 Å². The summed E-state index contributed by atoms with van der Waals surface area (Å²) < 4.78 is 4.40. The van der Waals surface area contributed by atoms with E-state index in [-0.39, 0.29) is 34.4 Å². The molecule has 5 heteroatoms. The summed E-state index contributed by atoms with van der Waals surface area (Å²) in [5.41, 5.74) is 0. The van der Waals surface area contributed by atoms with Crippen molar-refractivity contribution in [3.05, 3.63) is 0 Å². The molecular weight excluding hydrogens is 247 g/mol. The second-order valence-corrected chi connectivity index (χ2v) is 2.96. The minimum atomic E-state index is 0. The molecule has 0 aromatic carbocycles. The second kappa shape index (κ2) is 16.8. The van der Waals surface area contributed by atoms with E-state index < -0.39 is 0 Å². The molecule has 0 saturated heterocycles. The maximum atomic E-state index is 4.40. The Morgan fingerprint density at radius 3 is 1.60 bits per heavy atom. The van der Waals surface area contributed by atoms with Gasteiger partial charge in [-0.15, -0.1) is 0 Å². The first-order chi connectivity index (χ1) is 1.41. The molecule has 0 atom stereocenters. The van der Waals surface area contributed by atoms with E-state index in [0.29, 0.717) is 0 Å². The molecule has 0 unspecified atom stereocenters. The van der Waals surface area contributed by atoms with E-state index in [1.165, 1.54) is 0 Å². The van der Waals surface area contributed by atoms with Crippen molar-refractivity contribution in [1.82, 2.24) is 0 Å². The number of hydrogen-bond acceptors (Lipinski definition) is 1. The van der Waals surface area contributed by atoms with E-state index >= 15 is 0 Å². The molecule has 0 fully saturated rings. The van der Waals surface area contributed by atoms with Gasteiger partial charge in [0.15, 0.2) is 0 Å². The van der Waals surface area contributed by atoms with Crippen LogP contribution in [0.5, 0.6) is 0 Å². The van der Waals surface area contributed by atoms with Gasteiger partial charge in [0.2, 0.25) is 0 Å². The van der Waals surface area contributed by atoms with Crippen LogP contribution in [-0.4, -0.2) is 10.5 Å². The molecule has 32 valence electrons. The molecule has 5 heavy (non-hydrogen) atoms. The van der Waals surface area contributed by atoms with E-state index in [1.54, 1.807) is 20.2 Å². The summed E-state index contributed by atoms with van der Waals surface area (Å²) in [6.45, 7) is 0. The SMILES string of the molecule is [Cr].[Mn].[SiH3][O][Mo]. The Kier molecular flexibility index (Phi) is 53.1. The average Bonchev–Trinajstić information content (AvgIpc) is 0.918. The molecular formula is H3CrMnMoOSi. The topological polar surface area (TPSA) is 9.23 Å². The normalized spacial score (nSPS) is 4.00. The van der Waals surface area contributed by atoms with Crippen LogP contribution in [0.15, 0.2) is 0 Å². The fraction of sp³-hybridized carbons (Fsp3) is 0. The minimum absolute atomic E-state index is 0. The fourth-order valence-electron chi connectivity index (χ4n) is 0. The van der Waals surface area contributed by atoms with Crippen molar-refractivity contribution < 1.29 is 57.7 Å². The first-order valence-electron chi connectivity index (χ1n) is 0.575. The van der Waals surface area contributed by atoms with Gasteiger partial charge in [0.05, 0.1) is 0 Å². The molecule has 0 aliphatic rings. The predicted octanol–water partition coefficient (Wildman–Crippen LogP) is -1.26. The van der Waals surface area contributed by atoms with Gasteiger partial charge < -0.3 is 0 Å². The molecule has 0 aliphatic heterocycles. The molecule has 0 saturated carbocycles. The molecule has 0 aromatic rings. The van der Waals surface area contributed by atoms with Crippen molar-refractivity contribution in [2.24, 2.45) is 0 Å². The maximum absolute atomic E-state index is 4.40. The van der Waals surface area contributed by atoms with Gasteiger partial charge in [-0.2, -0.15) is 0 Å². The van der Waals surface area contributed by atoms with E-state index in [9.17, 15) is 0 Å². The molecule has 0 rings (SSSR count). The van der Waals surface area contributed by atoms with Crippen molar-refractivity contribution in [1.29, 1.82) is 0 Å². The average molecular weight is 250 g/mol. The fourth-order valence-corrected chi connectivity index (χ4v) is 0. The van der Waals surface area contributed by atoms with Gasteiger partial charge in [0.25, 0.3) is 0 Å². The standard InChI is InChI=1S/Cr.Mn.Mo.H3OSi/c;;;1-2/h;;;2H3/q;;+1;-1. The Bertz CT molecular complexity index is 11.6. The third-order valence-electron chi connectivity index (χ3n) is 0. The van der Waals surface area contributed by atoms with Crippen LogP contribution in [0.2, 0.25) is 0 Å². The molecule has 0 aromatic heterocycles. The Labute approximate surface area is 67.7 Å². The zero-order valence-corrected chi connectivity index (χ0v) is 9.07. The van der Waals surface area contributed by atoms with Gasteiger partial charge in [0, 0.05) is 34.4 Å². The van der Waals surface area contributed by atoms with Gasteiger partial charge in [0.1, 0.15) is 0 Å². The van der Waals surface area contributed by atoms with E-state index in [4.69, 9.17) is 0 Å². The first-order valence-corrected chi connectivity index (χ1v) is 2.21. The number of rotatable bonds is 0. The van der Waals surface area contributed by atoms with E-state index in [1.807, 2.05) is 0 Å². The molecule has 1 radical (unpaired) electrons. The van der Waals surface area contributed by atoms with Crippen LogP contribution in [0.3, 0.4) is 0 Å². The number of hydrogen-bond donors (Lipinski definition) is 0. The first kappa shape index (κ1) is 15.8. The molecule has 1 nitrogen and oxygen atoms in total. The van der Waals surface area contributed by atoms with E-state index in [0.717, 1.165) is 10.5 Å². The second-order valence-electron chi connectivity index (χ2n) is 0.167. The Balaban J connectivity index is -0.0000000200. The third-order valence-corrected chi connectivity index (χ3v) is 0. The van der Waals surface area contributed by atoms with E-state index in [2.05, 4.69) is 3.08 Å². The molecule has 0 amide bonds. The van der Waals surface area contributed by atoms with Crippen molar-refractivity contribution >= 4 is 10.5 Å². The van der Waals surface area contributed by atoms with Crippen molar-refractivity contribution in [2.75, 3.05) is 0 Å². The van der Waals surface area contributed by atoms with Gasteiger partial charge in [-0.1, -0.05) is 0 Å². The van der Waals surface area contributed by atoms with Crippen LogP contribution in [-0.2, 0) is 57.7 Å². The quantitative estimate of drug-likeness (QED) is 0.488. The summed E-state index contributed by atoms with van der Waals surface area (Å²) in [5, 5.41) is 0. The Hall–Kier alpha value is 1.92. The molecule has 0 spiro atoms. The van der Waals surface area contributed by atoms with Crippen molar-refractivity contribution in [3.63, 3.8) is 0 Å². The summed E-state index contributed by atoms with van der Waals surface area (Å²) in [7, 11) is 0.873. The summed E-state index contributed by atoms with van der Waals surface area (Å²) in [5.74, 6) is 0. The summed E-state index contributed by atoms with van der Waals surface area (Å²) in [6, 6.07) is 0. The van der Waals surface area contributed by atoms with Crippen LogP contribution in [0, 0.1) is 0 Å². The molecule has 0 bridgehead atoms. The van der Waals surface area contributed by atoms with Crippen LogP contribution < -0.4 is 0 Å². The van der Waals surface area contributed by atoms with Crippen LogP contribution in [0.25, 0.3) is 0 Å². The third kappa shape index (κ3) is 24.7.